The number of nitrogens with one attached hydrogen (secondary N) is 2. The number of esters is 1. The first-order valence-electron chi connectivity index (χ1n) is 3.37. The smallest absolute Gasteiger partial charge is 0.384 e. The van der Waals surface area contributed by atoms with Gasteiger partial charge in [-0.1, -0.05) is 5.59 Å². The largest absolute Gasteiger partial charge is 0.491 e. The highest BCUT2D eigenvalue weighted by molar-refractivity contribution is 5.77. The van der Waals surface area contributed by atoms with Gasteiger partial charge in [0.05, 0.1) is 0 Å². The first-order valence-corrected chi connectivity index (χ1v) is 3.37. The van der Waals surface area contributed by atoms with Gasteiger partial charge in [-0.25, -0.2) is 9.80 Å². The zero-order valence-corrected chi connectivity index (χ0v) is 6.96. The number of rotatable bonds is 1. The molecule has 0 bridgehead atoms. The Morgan fingerprint density at radius 3 is 2.67 bits per heavy atom. The molecule has 0 radical (unpaired) electrons. The maximum Gasteiger partial charge on any atom is 0.491 e. The second-order valence-electron chi connectivity index (χ2n) is 2.28. The summed E-state index contributed by atoms with van der Waals surface area (Å²) < 4.78 is 38.9. The summed E-state index contributed by atoms with van der Waals surface area (Å²) in [5.41, 5.74) is 6.85. The van der Waals surface area contributed by atoms with E-state index in [4.69, 9.17) is 11.1 Å². The van der Waals surface area contributed by atoms with E-state index in [1.165, 1.54) is 0 Å². The summed E-state index contributed by atoms with van der Waals surface area (Å²) in [5.74, 6) is -3.73. The van der Waals surface area contributed by atoms with Crippen molar-refractivity contribution in [2.24, 2.45) is 5.73 Å². The molecule has 0 aromatic heterocycles. The summed E-state index contributed by atoms with van der Waals surface area (Å²) in [4.78, 5) is 14.6. The van der Waals surface area contributed by atoms with Crippen LogP contribution in [0.4, 0.5) is 13.2 Å². The SMILES string of the molecule is N=C(N)N1C=C(OC(=O)C(F)(F)F)ON1. The molecule has 1 rings (SSSR count). The molecule has 4 N–H and O–H groups in total. The molecule has 1 aliphatic rings. The number of nitrogens with two attached hydrogens (primary N) is 1. The lowest BCUT2D eigenvalue weighted by Crippen LogP contribution is -2.38. The van der Waals surface area contributed by atoms with E-state index in [0.717, 1.165) is 6.20 Å². The predicted octanol–water partition coefficient (Wildman–Crippen LogP) is -0.464. The summed E-state index contributed by atoms with van der Waals surface area (Å²) in [6.45, 7) is 0. The fourth-order valence-electron chi connectivity index (χ4n) is 0.567. The van der Waals surface area contributed by atoms with Crippen molar-refractivity contribution in [3.8, 4) is 0 Å². The molecule has 0 spiro atoms. The molecule has 84 valence electrons. The van der Waals surface area contributed by atoms with Gasteiger partial charge in [-0.15, -0.1) is 0 Å². The monoisotopic (exact) mass is 226 g/mol. The fourth-order valence-corrected chi connectivity index (χ4v) is 0.567. The Kier molecular flexibility index (Phi) is 2.70. The average molecular weight is 226 g/mol. The zero-order valence-electron chi connectivity index (χ0n) is 6.96. The minimum atomic E-state index is -5.12. The van der Waals surface area contributed by atoms with Gasteiger partial charge in [0.2, 0.25) is 5.96 Å². The molecule has 0 saturated carbocycles. The minimum Gasteiger partial charge on any atom is -0.384 e. The molecular formula is C5H5F3N4O3. The maximum atomic E-state index is 11.7. The van der Waals surface area contributed by atoms with E-state index in [1.807, 2.05) is 5.59 Å². The van der Waals surface area contributed by atoms with Gasteiger partial charge in [0.25, 0.3) is 0 Å². The van der Waals surface area contributed by atoms with Gasteiger partial charge >= 0.3 is 18.1 Å². The van der Waals surface area contributed by atoms with Crippen LogP contribution in [-0.4, -0.2) is 23.1 Å². The van der Waals surface area contributed by atoms with Crippen LogP contribution in [0, 0.1) is 5.41 Å². The normalized spacial score (nSPS) is 15.7. The van der Waals surface area contributed by atoms with Crippen LogP contribution < -0.4 is 11.3 Å². The van der Waals surface area contributed by atoms with Gasteiger partial charge in [0.1, 0.15) is 6.20 Å². The number of hydrogen-bond donors (Lipinski definition) is 3. The number of nitrogens with zero attached hydrogens (tertiary/aromatic N) is 1. The fraction of sp³-hybridized carbons (Fsp3) is 0.200. The third kappa shape index (κ3) is 2.74. The summed E-state index contributed by atoms with van der Waals surface area (Å²) >= 11 is 0. The number of hydrazine groups is 1. The van der Waals surface area contributed by atoms with E-state index >= 15 is 0 Å². The average Bonchev–Trinajstić information content (AvgIpc) is 2.50. The van der Waals surface area contributed by atoms with Crippen molar-refractivity contribution in [3.05, 3.63) is 12.1 Å². The number of alkyl halides is 3. The summed E-state index contributed by atoms with van der Waals surface area (Å²) in [6.07, 6.45) is -4.35. The van der Waals surface area contributed by atoms with E-state index in [0.29, 0.717) is 5.01 Å². The van der Waals surface area contributed by atoms with Crippen molar-refractivity contribution in [1.29, 1.82) is 5.41 Å². The van der Waals surface area contributed by atoms with E-state index in [-0.39, 0.29) is 0 Å². The zero-order chi connectivity index (χ0) is 11.6. The van der Waals surface area contributed by atoms with Gasteiger partial charge in [0, 0.05) is 0 Å². The lowest BCUT2D eigenvalue weighted by Gasteiger charge is -2.08. The summed E-state index contributed by atoms with van der Waals surface area (Å²) in [7, 11) is 0. The topological polar surface area (TPSA) is 101 Å². The van der Waals surface area contributed by atoms with Crippen molar-refractivity contribution in [3.63, 3.8) is 0 Å². The molecule has 0 unspecified atom stereocenters. The Bertz CT molecular complexity index is 326. The summed E-state index contributed by atoms with van der Waals surface area (Å²) in [5, 5.41) is 7.55. The second-order valence-corrected chi connectivity index (χ2v) is 2.28. The number of guanidine groups is 1. The molecule has 7 nitrogen and oxygen atoms in total. The molecule has 0 saturated heterocycles. The molecule has 15 heavy (non-hydrogen) atoms. The molecule has 1 heterocycles. The molecule has 0 fully saturated rings. The molecule has 1 aliphatic heterocycles. The van der Waals surface area contributed by atoms with Crippen LogP contribution in [0.25, 0.3) is 0 Å². The highest BCUT2D eigenvalue weighted by Crippen LogP contribution is 2.19. The molecule has 0 aromatic carbocycles. The molecule has 0 aliphatic carbocycles. The highest BCUT2D eigenvalue weighted by atomic mass is 19.4. The lowest BCUT2D eigenvalue weighted by atomic mass is 10.7. The second kappa shape index (κ2) is 3.65. The highest BCUT2D eigenvalue weighted by Gasteiger charge is 2.42. The number of carbonyl (C=O) groups excluding carboxylic acids is 1. The van der Waals surface area contributed by atoms with Crippen LogP contribution in [-0.2, 0) is 14.4 Å². The third-order valence-corrected chi connectivity index (χ3v) is 1.16. The van der Waals surface area contributed by atoms with Crippen molar-refractivity contribution in [2.45, 2.75) is 6.18 Å². The van der Waals surface area contributed by atoms with Crippen molar-refractivity contribution < 1.29 is 27.5 Å². The Morgan fingerprint density at radius 2 is 2.27 bits per heavy atom. The van der Waals surface area contributed by atoms with Gasteiger partial charge < -0.3 is 15.3 Å². The van der Waals surface area contributed by atoms with Crippen LogP contribution in [0.3, 0.4) is 0 Å². The maximum absolute atomic E-state index is 11.7. The van der Waals surface area contributed by atoms with Gasteiger partial charge in [0.15, 0.2) is 0 Å². The molecule has 0 aromatic rings. The van der Waals surface area contributed by atoms with Crippen LogP contribution in [0.5, 0.6) is 0 Å². The van der Waals surface area contributed by atoms with Crippen LogP contribution in [0.15, 0.2) is 12.1 Å². The predicted molar refractivity (Wildman–Crippen MR) is 38.2 cm³/mol. The Labute approximate surface area is 80.6 Å². The van der Waals surface area contributed by atoms with E-state index in [2.05, 4.69) is 9.57 Å². The number of halogens is 3. The van der Waals surface area contributed by atoms with Crippen LogP contribution in [0.2, 0.25) is 0 Å². The molecule has 10 heteroatoms. The van der Waals surface area contributed by atoms with E-state index < -0.39 is 24.1 Å². The quantitative estimate of drug-likeness (QED) is 0.317. The van der Waals surface area contributed by atoms with Crippen molar-refractivity contribution >= 4 is 11.9 Å². The van der Waals surface area contributed by atoms with Crippen LogP contribution >= 0.6 is 0 Å². The van der Waals surface area contributed by atoms with E-state index in [9.17, 15) is 18.0 Å². The third-order valence-electron chi connectivity index (χ3n) is 1.16. The number of hydrogen-bond acceptors (Lipinski definition) is 5. The Hall–Kier alpha value is -1.97. The van der Waals surface area contributed by atoms with Gasteiger partial charge in [-0.05, 0) is 0 Å². The van der Waals surface area contributed by atoms with Crippen molar-refractivity contribution in [2.75, 3.05) is 0 Å². The molecular weight excluding hydrogens is 221 g/mol. The number of carbonyl (C=O) groups is 1. The molecule has 0 atom stereocenters. The lowest BCUT2D eigenvalue weighted by molar-refractivity contribution is -0.201. The number of ether oxygens (including phenoxy) is 1. The first kappa shape index (κ1) is 11.1. The summed E-state index contributed by atoms with van der Waals surface area (Å²) in [6, 6.07) is 0. The van der Waals surface area contributed by atoms with Crippen LogP contribution in [0.1, 0.15) is 0 Å². The van der Waals surface area contributed by atoms with Gasteiger partial charge in [-0.2, -0.15) is 13.2 Å². The van der Waals surface area contributed by atoms with Gasteiger partial charge in [-0.3, -0.25) is 5.41 Å². The van der Waals surface area contributed by atoms with E-state index in [1.54, 1.807) is 0 Å². The Balaban J connectivity index is 2.59. The van der Waals surface area contributed by atoms with Crippen molar-refractivity contribution in [1.82, 2.24) is 10.6 Å². The molecule has 0 amide bonds. The standard InChI is InChI=1S/C5H5F3N4O3/c6-5(7,8)3(13)14-2-1-12(4(9)10)11-15-2/h1,11H,(H3,9,10). The first-order chi connectivity index (χ1) is 6.80. The Morgan fingerprint density at radius 1 is 1.67 bits per heavy atom. The minimum absolute atomic E-state index is 0.548.